The third-order valence-corrected chi connectivity index (χ3v) is 5.04. The van der Waals surface area contributed by atoms with Crippen LogP contribution in [-0.2, 0) is 0 Å². The van der Waals surface area contributed by atoms with Gasteiger partial charge in [0, 0.05) is 17.1 Å². The van der Waals surface area contributed by atoms with E-state index >= 15 is 0 Å². The van der Waals surface area contributed by atoms with E-state index in [1.807, 2.05) is 0 Å². The predicted octanol–water partition coefficient (Wildman–Crippen LogP) is 3.12. The molecule has 0 radical (unpaired) electrons. The molecule has 0 unspecified atom stereocenters. The van der Waals surface area contributed by atoms with Gasteiger partial charge in [-0.2, -0.15) is 0 Å². The Hall–Kier alpha value is -0.610. The standard InChI is InChI=1S/C15H22BrN3/c1-11-14(16)4-5-15(18-11)19(13-2-3-13)10-12-6-8-17-9-7-12/h4-5,12-13,17H,2-3,6-10H2,1H3. The summed E-state index contributed by atoms with van der Waals surface area (Å²) in [4.78, 5) is 7.31. The highest BCUT2D eigenvalue weighted by atomic mass is 79.9. The average Bonchev–Trinajstić information content (AvgIpc) is 3.25. The van der Waals surface area contributed by atoms with Crippen molar-refractivity contribution in [3.05, 3.63) is 22.3 Å². The summed E-state index contributed by atoms with van der Waals surface area (Å²) in [5.41, 5.74) is 1.09. The van der Waals surface area contributed by atoms with Crippen molar-refractivity contribution in [1.82, 2.24) is 10.3 Å². The van der Waals surface area contributed by atoms with Crippen LogP contribution in [0.25, 0.3) is 0 Å². The molecule has 2 aliphatic rings. The molecule has 1 N–H and O–H groups in total. The Balaban J connectivity index is 1.74. The monoisotopic (exact) mass is 323 g/mol. The van der Waals surface area contributed by atoms with Crippen molar-refractivity contribution in [3.8, 4) is 0 Å². The third kappa shape index (κ3) is 3.29. The van der Waals surface area contributed by atoms with Gasteiger partial charge in [0.1, 0.15) is 5.82 Å². The Morgan fingerprint density at radius 3 is 2.63 bits per heavy atom. The first-order valence-electron chi connectivity index (χ1n) is 7.34. The summed E-state index contributed by atoms with van der Waals surface area (Å²) in [6.07, 6.45) is 5.28. The zero-order valence-electron chi connectivity index (χ0n) is 11.5. The second-order valence-corrected chi connectivity index (χ2v) is 6.67. The molecule has 1 aliphatic heterocycles. The number of piperidine rings is 1. The predicted molar refractivity (Wildman–Crippen MR) is 82.6 cm³/mol. The molecule has 0 amide bonds. The van der Waals surface area contributed by atoms with Gasteiger partial charge < -0.3 is 10.2 Å². The third-order valence-electron chi connectivity index (χ3n) is 4.20. The number of nitrogens with zero attached hydrogens (tertiary/aromatic N) is 2. The lowest BCUT2D eigenvalue weighted by Gasteiger charge is -2.31. The van der Waals surface area contributed by atoms with Crippen LogP contribution < -0.4 is 10.2 Å². The van der Waals surface area contributed by atoms with Crippen LogP contribution >= 0.6 is 15.9 Å². The minimum atomic E-state index is 0.739. The van der Waals surface area contributed by atoms with E-state index in [0.29, 0.717) is 0 Å². The van der Waals surface area contributed by atoms with Crippen molar-refractivity contribution in [1.29, 1.82) is 0 Å². The van der Waals surface area contributed by atoms with E-state index in [2.05, 4.69) is 45.2 Å². The summed E-state index contributed by atoms with van der Waals surface area (Å²) in [5.74, 6) is 1.99. The van der Waals surface area contributed by atoms with Crippen LogP contribution in [0, 0.1) is 12.8 Å². The zero-order chi connectivity index (χ0) is 13.2. The fraction of sp³-hybridized carbons (Fsp3) is 0.667. The summed E-state index contributed by atoms with van der Waals surface area (Å²) in [6.45, 7) is 5.61. The van der Waals surface area contributed by atoms with Crippen LogP contribution in [0.2, 0.25) is 0 Å². The number of anilines is 1. The van der Waals surface area contributed by atoms with Gasteiger partial charge in [-0.05, 0) is 79.7 Å². The average molecular weight is 324 g/mol. The normalized spacial score (nSPS) is 20.5. The molecule has 1 saturated carbocycles. The number of aromatic nitrogens is 1. The molecule has 2 heterocycles. The fourth-order valence-electron chi connectivity index (χ4n) is 2.85. The molecule has 19 heavy (non-hydrogen) atoms. The van der Waals surface area contributed by atoms with Crippen LogP contribution in [-0.4, -0.2) is 30.7 Å². The van der Waals surface area contributed by atoms with Gasteiger partial charge in [-0.25, -0.2) is 4.98 Å². The highest BCUT2D eigenvalue weighted by Crippen LogP contribution is 2.33. The lowest BCUT2D eigenvalue weighted by atomic mass is 9.97. The molecule has 2 fully saturated rings. The SMILES string of the molecule is Cc1nc(N(CC2CCNCC2)C2CC2)ccc1Br. The summed E-state index contributed by atoms with van der Waals surface area (Å²) in [6, 6.07) is 5.04. The number of hydrogen-bond acceptors (Lipinski definition) is 3. The van der Waals surface area contributed by atoms with Crippen LogP contribution in [0.3, 0.4) is 0 Å². The molecule has 1 saturated heterocycles. The lowest BCUT2D eigenvalue weighted by Crippen LogP contribution is -2.37. The van der Waals surface area contributed by atoms with Gasteiger partial charge >= 0.3 is 0 Å². The number of nitrogens with one attached hydrogen (secondary N) is 1. The first-order chi connectivity index (χ1) is 9.24. The van der Waals surface area contributed by atoms with E-state index in [1.165, 1.54) is 51.1 Å². The molecule has 0 aromatic carbocycles. The van der Waals surface area contributed by atoms with Crippen molar-refractivity contribution in [2.75, 3.05) is 24.5 Å². The van der Waals surface area contributed by atoms with Crippen LogP contribution in [0.1, 0.15) is 31.4 Å². The molecule has 104 valence electrons. The molecule has 1 aromatic heterocycles. The number of pyridine rings is 1. The molecule has 4 heteroatoms. The molecule has 1 aliphatic carbocycles. The van der Waals surface area contributed by atoms with Gasteiger partial charge in [-0.1, -0.05) is 0 Å². The quantitative estimate of drug-likeness (QED) is 0.922. The molecule has 0 bridgehead atoms. The van der Waals surface area contributed by atoms with Gasteiger partial charge in [0.25, 0.3) is 0 Å². The second kappa shape index (κ2) is 5.80. The maximum atomic E-state index is 4.76. The van der Waals surface area contributed by atoms with Crippen LogP contribution in [0.5, 0.6) is 0 Å². The largest absolute Gasteiger partial charge is 0.353 e. The van der Waals surface area contributed by atoms with Gasteiger partial charge in [0.2, 0.25) is 0 Å². The Morgan fingerprint density at radius 1 is 1.26 bits per heavy atom. The maximum Gasteiger partial charge on any atom is 0.129 e. The minimum absolute atomic E-state index is 0.739. The number of aryl methyl sites for hydroxylation is 1. The summed E-state index contributed by atoms with van der Waals surface area (Å²) in [5, 5.41) is 3.45. The van der Waals surface area contributed by atoms with Gasteiger partial charge in [-0.15, -0.1) is 0 Å². The minimum Gasteiger partial charge on any atom is -0.353 e. The van der Waals surface area contributed by atoms with Crippen LogP contribution in [0.15, 0.2) is 16.6 Å². The van der Waals surface area contributed by atoms with E-state index in [0.717, 1.165) is 22.1 Å². The Bertz CT molecular complexity index is 439. The van der Waals surface area contributed by atoms with Crippen molar-refractivity contribution >= 4 is 21.7 Å². The highest BCUT2D eigenvalue weighted by molar-refractivity contribution is 9.10. The molecule has 3 rings (SSSR count). The Kier molecular flexibility index (Phi) is 4.08. The summed E-state index contributed by atoms with van der Waals surface area (Å²) >= 11 is 3.54. The first kappa shape index (κ1) is 13.4. The van der Waals surface area contributed by atoms with Crippen molar-refractivity contribution in [2.24, 2.45) is 5.92 Å². The summed E-state index contributed by atoms with van der Waals surface area (Å²) in [7, 11) is 0. The molecular formula is C15H22BrN3. The van der Waals surface area contributed by atoms with Gasteiger partial charge in [0.05, 0.1) is 5.69 Å². The molecule has 0 spiro atoms. The first-order valence-corrected chi connectivity index (χ1v) is 8.14. The van der Waals surface area contributed by atoms with Crippen molar-refractivity contribution < 1.29 is 0 Å². The topological polar surface area (TPSA) is 28.2 Å². The van der Waals surface area contributed by atoms with Gasteiger partial charge in [-0.3, -0.25) is 0 Å². The zero-order valence-corrected chi connectivity index (χ0v) is 13.1. The maximum absolute atomic E-state index is 4.76. The highest BCUT2D eigenvalue weighted by Gasteiger charge is 2.32. The lowest BCUT2D eigenvalue weighted by molar-refractivity contribution is 0.372. The molecule has 1 aromatic rings. The summed E-state index contributed by atoms with van der Waals surface area (Å²) < 4.78 is 1.11. The molecule has 0 atom stereocenters. The van der Waals surface area contributed by atoms with Crippen molar-refractivity contribution in [3.63, 3.8) is 0 Å². The van der Waals surface area contributed by atoms with Crippen LogP contribution in [0.4, 0.5) is 5.82 Å². The molecular weight excluding hydrogens is 302 g/mol. The van der Waals surface area contributed by atoms with Gasteiger partial charge in [0.15, 0.2) is 0 Å². The number of halogens is 1. The molecule has 3 nitrogen and oxygen atoms in total. The van der Waals surface area contributed by atoms with E-state index in [9.17, 15) is 0 Å². The van der Waals surface area contributed by atoms with Crippen molar-refractivity contribution in [2.45, 2.75) is 38.6 Å². The second-order valence-electron chi connectivity index (χ2n) is 5.81. The Morgan fingerprint density at radius 2 is 2.00 bits per heavy atom. The fourth-order valence-corrected chi connectivity index (χ4v) is 3.07. The van der Waals surface area contributed by atoms with E-state index < -0.39 is 0 Å². The van der Waals surface area contributed by atoms with E-state index in [-0.39, 0.29) is 0 Å². The Labute approximate surface area is 123 Å². The number of rotatable bonds is 4. The number of hydrogen-bond donors (Lipinski definition) is 1. The smallest absolute Gasteiger partial charge is 0.129 e. The van der Waals surface area contributed by atoms with E-state index in [4.69, 9.17) is 4.98 Å². The van der Waals surface area contributed by atoms with E-state index in [1.54, 1.807) is 0 Å².